The van der Waals surface area contributed by atoms with Gasteiger partial charge in [-0.2, -0.15) is 0 Å². The molecule has 0 aliphatic carbocycles. The van der Waals surface area contributed by atoms with E-state index in [0.29, 0.717) is 11.3 Å². The molecule has 23 heavy (non-hydrogen) atoms. The van der Waals surface area contributed by atoms with Crippen LogP contribution in [-0.2, 0) is 19.9 Å². The molecule has 1 aliphatic heterocycles. The van der Waals surface area contributed by atoms with Gasteiger partial charge in [0.25, 0.3) is 16.0 Å². The van der Waals surface area contributed by atoms with E-state index >= 15 is 0 Å². The van der Waals surface area contributed by atoms with Crippen molar-refractivity contribution < 1.29 is 37.3 Å². The fourth-order valence-corrected chi connectivity index (χ4v) is 6.85. The van der Waals surface area contributed by atoms with Gasteiger partial charge in [0.05, 0.1) is 11.8 Å². The van der Waals surface area contributed by atoms with Gasteiger partial charge in [-0.1, -0.05) is 0 Å². The summed E-state index contributed by atoms with van der Waals surface area (Å²) < 4.78 is 46.6. The van der Waals surface area contributed by atoms with Gasteiger partial charge in [-0.05, 0) is 13.3 Å². The summed E-state index contributed by atoms with van der Waals surface area (Å²) >= 11 is 0.338. The van der Waals surface area contributed by atoms with Gasteiger partial charge in [-0.15, -0.1) is 11.3 Å². The van der Waals surface area contributed by atoms with E-state index in [-0.39, 0.29) is 16.2 Å². The molecule has 2 atom stereocenters. The molecule has 2 unspecified atom stereocenters. The Labute approximate surface area is 136 Å². The molecule has 132 valence electrons. The first-order valence-corrected chi connectivity index (χ1v) is 10.2. The number of aromatic hydroxyl groups is 1. The average molecular weight is 388 g/mol. The summed E-state index contributed by atoms with van der Waals surface area (Å²) in [5.74, 6) is -3.84. The zero-order valence-corrected chi connectivity index (χ0v) is 14.2. The number of hydrogen-bond donors (Lipinski definition) is 6. The van der Waals surface area contributed by atoms with Gasteiger partial charge < -0.3 is 25.7 Å². The molecule has 1 aliphatic rings. The molecule has 0 saturated heterocycles. The molecule has 0 radical (unpaired) electrons. The predicted molar refractivity (Wildman–Crippen MR) is 78.8 cm³/mol. The molecule has 7 N–H and O–H groups in total. The second-order valence-corrected chi connectivity index (χ2v) is 10.6. The minimum atomic E-state index is -4.33. The summed E-state index contributed by atoms with van der Waals surface area (Å²) in [6.45, 7) is 0.647. The molecular weight excluding hydrogens is 372 g/mol. The molecule has 0 bridgehead atoms. The maximum atomic E-state index is 12.3. The van der Waals surface area contributed by atoms with Crippen molar-refractivity contribution in [3.8, 4) is 5.75 Å². The molecule has 2 heterocycles. The maximum absolute atomic E-state index is 12.3. The molecule has 1 aromatic heterocycles. The number of hydrogen-bond acceptors (Lipinski definition) is 10. The van der Waals surface area contributed by atoms with Gasteiger partial charge in [-0.3, -0.25) is 0 Å². The zero-order chi connectivity index (χ0) is 17.8. The highest BCUT2D eigenvalue weighted by Gasteiger charge is 2.43. The molecule has 0 aromatic carbocycles. The van der Waals surface area contributed by atoms with Crippen LogP contribution in [0.1, 0.15) is 24.9 Å². The Bertz CT molecular complexity index is 821. The Balaban J connectivity index is 2.59. The molecule has 1 aromatic rings. The lowest BCUT2D eigenvalue weighted by Crippen LogP contribution is -2.43. The highest BCUT2D eigenvalue weighted by molar-refractivity contribution is 7.95. The standard InChI is InChI=1S/C10H16N2O8S3/c1-4-2-5(12-3-10(14,15)16)6-7(13)9(23(11,19)20)21-8(6)22(4,17)18/h4-5,12-16H,2-3H2,1H3,(H2,11,19,20). The van der Waals surface area contributed by atoms with E-state index in [4.69, 9.17) is 20.5 Å². The van der Waals surface area contributed by atoms with Crippen LogP contribution in [0.4, 0.5) is 0 Å². The number of nitrogens with two attached hydrogens (primary N) is 1. The third-order valence-electron chi connectivity index (χ3n) is 3.40. The molecule has 0 saturated carbocycles. The first kappa shape index (κ1) is 18.5. The Morgan fingerprint density at radius 3 is 2.43 bits per heavy atom. The number of thiophene rings is 1. The largest absolute Gasteiger partial charge is 0.505 e. The number of primary sulfonamides is 1. The van der Waals surface area contributed by atoms with Crippen molar-refractivity contribution in [3.63, 3.8) is 0 Å². The normalized spacial score (nSPS) is 24.4. The Kier molecular flexibility index (Phi) is 4.54. The van der Waals surface area contributed by atoms with Crippen LogP contribution in [0.25, 0.3) is 0 Å². The summed E-state index contributed by atoms with van der Waals surface area (Å²) in [7, 11) is -8.19. The van der Waals surface area contributed by atoms with Crippen molar-refractivity contribution >= 4 is 31.2 Å². The summed E-state index contributed by atoms with van der Waals surface area (Å²) in [6.07, 6.45) is -0.0697. The molecule has 0 amide bonds. The van der Waals surface area contributed by atoms with Crippen molar-refractivity contribution in [3.05, 3.63) is 5.56 Å². The Hall–Kier alpha value is -0.800. The van der Waals surface area contributed by atoms with E-state index < -0.39 is 53.6 Å². The van der Waals surface area contributed by atoms with Crippen LogP contribution >= 0.6 is 11.3 Å². The number of rotatable bonds is 4. The molecule has 0 fully saturated rings. The van der Waals surface area contributed by atoms with E-state index in [0.717, 1.165) is 0 Å². The maximum Gasteiger partial charge on any atom is 0.288 e. The minimum absolute atomic E-state index is 0.0697. The van der Waals surface area contributed by atoms with Crippen molar-refractivity contribution in [1.29, 1.82) is 0 Å². The van der Waals surface area contributed by atoms with E-state index in [1.807, 2.05) is 0 Å². The number of fused-ring (bicyclic) bond motifs is 1. The van der Waals surface area contributed by atoms with Gasteiger partial charge in [0, 0.05) is 11.6 Å². The first-order valence-electron chi connectivity index (χ1n) is 6.28. The molecular formula is C10H16N2O8S3. The minimum Gasteiger partial charge on any atom is -0.505 e. The Morgan fingerprint density at radius 1 is 1.39 bits per heavy atom. The fraction of sp³-hybridized carbons (Fsp3) is 0.600. The van der Waals surface area contributed by atoms with E-state index in [2.05, 4.69) is 5.32 Å². The molecule has 2 rings (SSSR count). The van der Waals surface area contributed by atoms with Crippen molar-refractivity contribution in [2.24, 2.45) is 5.14 Å². The lowest BCUT2D eigenvalue weighted by atomic mass is 10.0. The topological polar surface area (TPSA) is 187 Å². The number of aliphatic hydroxyl groups is 3. The molecule has 0 spiro atoms. The van der Waals surface area contributed by atoms with Crippen LogP contribution < -0.4 is 10.5 Å². The molecule has 10 nitrogen and oxygen atoms in total. The van der Waals surface area contributed by atoms with E-state index in [9.17, 15) is 21.9 Å². The second-order valence-electron chi connectivity index (χ2n) is 5.28. The van der Waals surface area contributed by atoms with E-state index in [1.165, 1.54) is 6.92 Å². The van der Waals surface area contributed by atoms with Gasteiger partial charge in [-0.25, -0.2) is 22.0 Å². The summed E-state index contributed by atoms with van der Waals surface area (Å²) in [4.78, 5) is 0. The summed E-state index contributed by atoms with van der Waals surface area (Å²) in [6, 6.07) is -0.916. The van der Waals surface area contributed by atoms with Gasteiger partial charge >= 0.3 is 0 Å². The lowest BCUT2D eigenvalue weighted by Gasteiger charge is -2.29. The summed E-state index contributed by atoms with van der Waals surface area (Å²) in [5, 5.41) is 43.4. The van der Waals surface area contributed by atoms with Crippen molar-refractivity contribution in [1.82, 2.24) is 5.32 Å². The van der Waals surface area contributed by atoms with Crippen LogP contribution in [-0.4, -0.2) is 55.0 Å². The summed E-state index contributed by atoms with van der Waals surface area (Å²) in [5.41, 5.74) is -0.207. The smallest absolute Gasteiger partial charge is 0.288 e. The van der Waals surface area contributed by atoms with Crippen LogP contribution in [0.3, 0.4) is 0 Å². The first-order chi connectivity index (χ1) is 10.2. The third kappa shape index (κ3) is 3.51. The number of nitrogens with one attached hydrogen (secondary N) is 1. The van der Waals surface area contributed by atoms with Crippen LogP contribution in [0, 0.1) is 0 Å². The van der Waals surface area contributed by atoms with E-state index in [1.54, 1.807) is 0 Å². The monoisotopic (exact) mass is 388 g/mol. The Morgan fingerprint density at radius 2 is 1.96 bits per heavy atom. The second kappa shape index (κ2) is 5.63. The van der Waals surface area contributed by atoms with Crippen molar-refractivity contribution in [2.75, 3.05) is 6.54 Å². The highest BCUT2D eigenvalue weighted by Crippen LogP contribution is 2.49. The average Bonchev–Trinajstić information content (AvgIpc) is 2.70. The van der Waals surface area contributed by atoms with Crippen molar-refractivity contribution in [2.45, 2.75) is 39.0 Å². The predicted octanol–water partition coefficient (Wildman–Crippen LogP) is -2.07. The fourth-order valence-electron chi connectivity index (χ4n) is 2.31. The number of sulfone groups is 1. The van der Waals surface area contributed by atoms with Crippen LogP contribution in [0.2, 0.25) is 0 Å². The van der Waals surface area contributed by atoms with Gasteiger partial charge in [0.15, 0.2) is 19.8 Å². The SMILES string of the molecule is CC1CC(NCC(O)(O)O)c2c(sc(S(N)(=O)=O)c2O)S1(=O)=O. The lowest BCUT2D eigenvalue weighted by molar-refractivity contribution is -0.307. The van der Waals surface area contributed by atoms with Gasteiger partial charge in [0.1, 0.15) is 4.21 Å². The molecule has 13 heteroatoms. The quantitative estimate of drug-likeness (QED) is 0.315. The zero-order valence-electron chi connectivity index (χ0n) is 11.8. The van der Waals surface area contributed by atoms with Crippen LogP contribution in [0.5, 0.6) is 5.75 Å². The third-order valence-corrected chi connectivity index (χ3v) is 8.78. The highest BCUT2D eigenvalue weighted by atomic mass is 32.3. The number of sulfonamides is 1. The van der Waals surface area contributed by atoms with Gasteiger partial charge in [0.2, 0.25) is 0 Å². The van der Waals surface area contributed by atoms with Crippen LogP contribution in [0.15, 0.2) is 8.42 Å².